The highest BCUT2D eigenvalue weighted by atomic mass is 127. The Morgan fingerprint density at radius 1 is 1.03 bits per heavy atom. The average Bonchev–Trinajstić information content (AvgIpc) is 3.14. The van der Waals surface area contributed by atoms with Crippen LogP contribution in [0.2, 0.25) is 0 Å². The number of hydrazone groups is 1. The molecule has 3 aromatic carbocycles. The zero-order valence-electron chi connectivity index (χ0n) is 18.3. The quantitative estimate of drug-likeness (QED) is 0.113. The lowest BCUT2D eigenvalue weighted by Gasteiger charge is -2.15. The maximum absolute atomic E-state index is 14.2. The third kappa shape index (κ3) is 4.56. The highest BCUT2D eigenvalue weighted by Gasteiger charge is 2.37. The van der Waals surface area contributed by atoms with Gasteiger partial charge in [0.15, 0.2) is 23.3 Å². The standard InChI is InChI=1S/C25H13F5IN3O2/c1-12-16(25(35)34(33-12)24-22(29)20(27)19(26)21(28)23(24)30)8-13-6-7-18(17(31)9-13)36-11-15-5-3-2-4-14(15)10-32/h2-9H,11H2,1H3/b16-8+. The maximum atomic E-state index is 14.2. The van der Waals surface area contributed by atoms with Gasteiger partial charge in [0.1, 0.15) is 18.0 Å². The van der Waals surface area contributed by atoms with Gasteiger partial charge in [0.2, 0.25) is 5.82 Å². The smallest absolute Gasteiger partial charge is 0.280 e. The molecule has 0 aromatic heterocycles. The Labute approximate surface area is 215 Å². The second-order valence-corrected chi connectivity index (χ2v) is 8.69. The van der Waals surface area contributed by atoms with Gasteiger partial charge < -0.3 is 4.74 Å². The number of carbonyl (C=O) groups excluding carboxylic acids is 1. The summed E-state index contributed by atoms with van der Waals surface area (Å²) >= 11 is 2.01. The van der Waals surface area contributed by atoms with Crippen LogP contribution < -0.4 is 9.75 Å². The van der Waals surface area contributed by atoms with E-state index in [-0.39, 0.29) is 22.9 Å². The van der Waals surface area contributed by atoms with Gasteiger partial charge >= 0.3 is 0 Å². The molecule has 1 heterocycles. The van der Waals surface area contributed by atoms with Crippen molar-refractivity contribution in [1.29, 1.82) is 5.26 Å². The van der Waals surface area contributed by atoms with E-state index in [1.54, 1.807) is 42.5 Å². The first-order valence-electron chi connectivity index (χ1n) is 10.2. The molecule has 0 atom stereocenters. The molecule has 4 rings (SSSR count). The first-order valence-corrected chi connectivity index (χ1v) is 11.3. The first kappa shape index (κ1) is 25.3. The van der Waals surface area contributed by atoms with Crippen LogP contribution in [0.1, 0.15) is 23.6 Å². The summed E-state index contributed by atoms with van der Waals surface area (Å²) in [5, 5.41) is 13.1. The summed E-state index contributed by atoms with van der Waals surface area (Å²) in [5.74, 6) is -11.5. The molecule has 0 spiro atoms. The SMILES string of the molecule is CC1=NN(c2c(F)c(F)c(F)c(F)c2F)C(=O)/C1=C/c1ccc(OCc2ccccc2C#N)c(I)c1. The van der Waals surface area contributed by atoms with Crippen molar-refractivity contribution in [1.82, 2.24) is 0 Å². The highest BCUT2D eigenvalue weighted by Crippen LogP contribution is 2.34. The van der Waals surface area contributed by atoms with Crippen molar-refractivity contribution >= 4 is 46.0 Å². The number of nitrogens with zero attached hydrogens (tertiary/aromatic N) is 3. The number of hydrogen-bond donors (Lipinski definition) is 0. The van der Waals surface area contributed by atoms with Crippen molar-refractivity contribution in [2.45, 2.75) is 13.5 Å². The van der Waals surface area contributed by atoms with Gasteiger partial charge in [0.05, 0.1) is 26.5 Å². The zero-order chi connectivity index (χ0) is 26.1. The predicted octanol–water partition coefficient (Wildman–Crippen LogP) is 6.24. The van der Waals surface area contributed by atoms with E-state index in [1.165, 1.54) is 13.0 Å². The van der Waals surface area contributed by atoms with Crippen LogP contribution in [0.5, 0.6) is 5.75 Å². The predicted molar refractivity (Wildman–Crippen MR) is 129 cm³/mol. The van der Waals surface area contributed by atoms with Gasteiger partial charge in [-0.3, -0.25) is 4.79 Å². The van der Waals surface area contributed by atoms with Crippen molar-refractivity contribution in [2.75, 3.05) is 5.01 Å². The minimum absolute atomic E-state index is 0.0207. The summed E-state index contributed by atoms with van der Waals surface area (Å²) in [6.07, 6.45) is 1.38. The molecule has 0 radical (unpaired) electrons. The summed E-state index contributed by atoms with van der Waals surface area (Å²) in [6.45, 7) is 1.52. The molecule has 11 heteroatoms. The number of ether oxygens (including phenoxy) is 1. The van der Waals surface area contributed by atoms with Crippen molar-refractivity contribution in [3.05, 3.63) is 97.4 Å². The van der Waals surface area contributed by atoms with Crippen LogP contribution >= 0.6 is 22.6 Å². The molecule has 0 aliphatic carbocycles. The Hall–Kier alpha value is -3.79. The number of hydrogen-bond acceptors (Lipinski definition) is 4. The van der Waals surface area contributed by atoms with Gasteiger partial charge in [-0.15, -0.1) is 0 Å². The Morgan fingerprint density at radius 3 is 2.31 bits per heavy atom. The normalized spacial score (nSPS) is 14.3. The highest BCUT2D eigenvalue weighted by molar-refractivity contribution is 14.1. The lowest BCUT2D eigenvalue weighted by Crippen LogP contribution is -2.25. The number of anilines is 1. The van der Waals surface area contributed by atoms with E-state index in [1.807, 2.05) is 22.6 Å². The molecule has 0 saturated heterocycles. The fraction of sp³-hybridized carbons (Fsp3) is 0.0800. The molecule has 1 amide bonds. The van der Waals surface area contributed by atoms with Crippen LogP contribution in [0.25, 0.3) is 6.08 Å². The molecule has 182 valence electrons. The van der Waals surface area contributed by atoms with E-state index >= 15 is 0 Å². The minimum atomic E-state index is -2.33. The number of rotatable bonds is 5. The fourth-order valence-electron chi connectivity index (χ4n) is 3.42. The number of benzene rings is 3. The summed E-state index contributed by atoms with van der Waals surface area (Å²) in [4.78, 5) is 12.8. The fourth-order valence-corrected chi connectivity index (χ4v) is 4.11. The van der Waals surface area contributed by atoms with E-state index < -0.39 is 40.7 Å². The Bertz CT molecular complexity index is 1490. The molecular formula is C25H13F5IN3O2. The number of amides is 1. The van der Waals surface area contributed by atoms with Crippen molar-refractivity contribution in [3.8, 4) is 11.8 Å². The van der Waals surface area contributed by atoms with E-state index in [0.29, 0.717) is 26.0 Å². The van der Waals surface area contributed by atoms with Crippen LogP contribution in [-0.4, -0.2) is 11.6 Å². The molecule has 0 N–H and O–H groups in total. The Morgan fingerprint density at radius 2 is 1.67 bits per heavy atom. The number of nitriles is 1. The van der Waals surface area contributed by atoms with Crippen LogP contribution in [-0.2, 0) is 11.4 Å². The Balaban J connectivity index is 1.59. The Kier molecular flexibility index (Phi) is 7.07. The second-order valence-electron chi connectivity index (χ2n) is 7.53. The van der Waals surface area contributed by atoms with Crippen LogP contribution in [0.3, 0.4) is 0 Å². The monoisotopic (exact) mass is 609 g/mol. The topological polar surface area (TPSA) is 65.7 Å². The van der Waals surface area contributed by atoms with Gasteiger partial charge in [-0.1, -0.05) is 24.3 Å². The molecule has 0 unspecified atom stereocenters. The first-order chi connectivity index (χ1) is 17.1. The van der Waals surface area contributed by atoms with E-state index in [2.05, 4.69) is 11.2 Å². The van der Waals surface area contributed by atoms with Crippen molar-refractivity contribution in [2.24, 2.45) is 5.10 Å². The minimum Gasteiger partial charge on any atom is -0.488 e. The average molecular weight is 609 g/mol. The molecule has 3 aromatic rings. The van der Waals surface area contributed by atoms with Gasteiger partial charge in [0, 0.05) is 5.56 Å². The van der Waals surface area contributed by atoms with E-state index in [9.17, 15) is 32.0 Å². The molecule has 0 saturated carbocycles. The molecule has 5 nitrogen and oxygen atoms in total. The molecular weight excluding hydrogens is 596 g/mol. The summed E-state index contributed by atoms with van der Waals surface area (Å²) in [6, 6.07) is 14.0. The van der Waals surface area contributed by atoms with Crippen LogP contribution in [0.4, 0.5) is 27.6 Å². The lowest BCUT2D eigenvalue weighted by molar-refractivity contribution is -0.114. The summed E-state index contributed by atoms with van der Waals surface area (Å²) in [7, 11) is 0. The molecule has 1 aliphatic heterocycles. The third-order valence-electron chi connectivity index (χ3n) is 5.25. The van der Waals surface area contributed by atoms with Crippen molar-refractivity contribution < 1.29 is 31.5 Å². The van der Waals surface area contributed by atoms with Crippen LogP contribution in [0.15, 0.2) is 53.1 Å². The van der Waals surface area contributed by atoms with E-state index in [4.69, 9.17) is 4.74 Å². The lowest BCUT2D eigenvalue weighted by atomic mass is 10.1. The summed E-state index contributed by atoms with van der Waals surface area (Å²) in [5.41, 5.74) is 0.176. The largest absolute Gasteiger partial charge is 0.488 e. The molecule has 36 heavy (non-hydrogen) atoms. The van der Waals surface area contributed by atoms with Gasteiger partial charge in [-0.25, -0.2) is 22.0 Å². The third-order valence-corrected chi connectivity index (χ3v) is 6.09. The van der Waals surface area contributed by atoms with Crippen molar-refractivity contribution in [3.63, 3.8) is 0 Å². The number of carbonyl (C=O) groups is 1. The zero-order valence-corrected chi connectivity index (χ0v) is 20.4. The molecule has 1 aliphatic rings. The molecule has 0 bridgehead atoms. The molecule has 0 fully saturated rings. The van der Waals surface area contributed by atoms with Gasteiger partial charge in [0.25, 0.3) is 5.91 Å². The second kappa shape index (κ2) is 10.1. The summed E-state index contributed by atoms with van der Waals surface area (Å²) < 4.78 is 75.5. The maximum Gasteiger partial charge on any atom is 0.280 e. The van der Waals surface area contributed by atoms with Gasteiger partial charge in [-0.2, -0.15) is 15.4 Å². The number of halogens is 6. The van der Waals surface area contributed by atoms with E-state index in [0.717, 1.165) is 0 Å². The van der Waals surface area contributed by atoms with Gasteiger partial charge in [-0.05, 0) is 59.4 Å². The van der Waals surface area contributed by atoms with Crippen LogP contribution in [0, 0.1) is 44.0 Å².